The van der Waals surface area contributed by atoms with Crippen molar-refractivity contribution in [1.82, 2.24) is 9.80 Å². The molecule has 5 nitrogen and oxygen atoms in total. The van der Waals surface area contributed by atoms with E-state index in [1.165, 1.54) is 5.56 Å². The molecule has 2 aromatic rings. The summed E-state index contributed by atoms with van der Waals surface area (Å²) >= 11 is 0. The molecule has 0 saturated carbocycles. The lowest BCUT2D eigenvalue weighted by atomic mass is 10.1. The van der Waals surface area contributed by atoms with Gasteiger partial charge in [-0.3, -0.25) is 9.69 Å². The van der Waals surface area contributed by atoms with E-state index in [0.717, 1.165) is 55.3 Å². The second-order valence-electron chi connectivity index (χ2n) is 6.55. The van der Waals surface area contributed by atoms with Crippen LogP contribution in [0.1, 0.15) is 21.5 Å². The smallest absolute Gasteiger partial charge is 0.254 e. The number of nitrogens with zero attached hydrogens (tertiary/aromatic N) is 2. The normalized spacial score (nSPS) is 15.0. The zero-order chi connectivity index (χ0) is 18.5. The highest BCUT2D eigenvalue weighted by molar-refractivity contribution is 5.96. The van der Waals surface area contributed by atoms with Gasteiger partial charge in [0.25, 0.3) is 5.91 Å². The first-order valence-electron chi connectivity index (χ1n) is 8.90. The van der Waals surface area contributed by atoms with Crippen LogP contribution in [0.2, 0.25) is 0 Å². The Balaban J connectivity index is 1.60. The van der Waals surface area contributed by atoms with Gasteiger partial charge in [-0.1, -0.05) is 18.2 Å². The summed E-state index contributed by atoms with van der Waals surface area (Å²) < 4.78 is 10.6. The fraction of sp³-hybridized carbons (Fsp3) is 0.381. The minimum absolute atomic E-state index is 0.0856. The fourth-order valence-corrected chi connectivity index (χ4v) is 3.38. The molecule has 1 aliphatic heterocycles. The van der Waals surface area contributed by atoms with Crippen LogP contribution in [0.3, 0.4) is 0 Å². The number of methoxy groups -OCH3 is 2. The highest BCUT2D eigenvalue weighted by atomic mass is 16.5. The van der Waals surface area contributed by atoms with Gasteiger partial charge >= 0.3 is 0 Å². The highest BCUT2D eigenvalue weighted by Gasteiger charge is 2.24. The number of rotatable bonds is 5. The molecule has 2 aromatic carbocycles. The van der Waals surface area contributed by atoms with Gasteiger partial charge in [-0.15, -0.1) is 0 Å². The van der Waals surface area contributed by atoms with Crippen LogP contribution in [0, 0.1) is 6.92 Å². The second kappa shape index (κ2) is 8.23. The monoisotopic (exact) mass is 354 g/mol. The molecule has 3 rings (SSSR count). The summed E-state index contributed by atoms with van der Waals surface area (Å²) in [5.74, 6) is 1.72. The van der Waals surface area contributed by atoms with Crippen molar-refractivity contribution in [3.63, 3.8) is 0 Å². The van der Waals surface area contributed by atoms with Gasteiger partial charge in [-0.25, -0.2) is 0 Å². The van der Waals surface area contributed by atoms with Crippen molar-refractivity contribution in [3.8, 4) is 11.5 Å². The molecule has 138 valence electrons. The van der Waals surface area contributed by atoms with E-state index in [4.69, 9.17) is 9.47 Å². The molecule has 26 heavy (non-hydrogen) atoms. The fourth-order valence-electron chi connectivity index (χ4n) is 3.38. The lowest BCUT2D eigenvalue weighted by Crippen LogP contribution is -2.48. The van der Waals surface area contributed by atoms with Crippen LogP contribution in [0.15, 0.2) is 42.5 Å². The summed E-state index contributed by atoms with van der Waals surface area (Å²) in [7, 11) is 3.32. The molecule has 0 aromatic heterocycles. The average molecular weight is 354 g/mol. The molecule has 1 fully saturated rings. The molecular weight excluding hydrogens is 328 g/mol. The van der Waals surface area contributed by atoms with Gasteiger partial charge < -0.3 is 14.4 Å². The standard InChI is InChI=1S/C21H26N2O3/c1-16-19(8-5-9-20(16)26-3)21(24)23-12-10-22(11-13-23)15-17-6-4-7-18(14-17)25-2/h4-9,14H,10-13,15H2,1-3H3. The zero-order valence-electron chi connectivity index (χ0n) is 15.7. The molecular formula is C21H26N2O3. The van der Waals surface area contributed by atoms with Crippen LogP contribution in [-0.2, 0) is 6.54 Å². The van der Waals surface area contributed by atoms with Gasteiger partial charge in [-0.05, 0) is 36.8 Å². The lowest BCUT2D eigenvalue weighted by Gasteiger charge is -2.35. The predicted molar refractivity (Wildman–Crippen MR) is 102 cm³/mol. The van der Waals surface area contributed by atoms with Crippen LogP contribution in [-0.4, -0.2) is 56.1 Å². The van der Waals surface area contributed by atoms with Crippen LogP contribution >= 0.6 is 0 Å². The topological polar surface area (TPSA) is 42.0 Å². The number of benzene rings is 2. The summed E-state index contributed by atoms with van der Waals surface area (Å²) in [6.07, 6.45) is 0. The van der Waals surface area contributed by atoms with Crippen LogP contribution in [0.5, 0.6) is 11.5 Å². The first-order valence-corrected chi connectivity index (χ1v) is 8.90. The molecule has 0 bridgehead atoms. The van der Waals surface area contributed by atoms with Crippen molar-refractivity contribution in [1.29, 1.82) is 0 Å². The van der Waals surface area contributed by atoms with Crippen molar-refractivity contribution >= 4 is 5.91 Å². The summed E-state index contributed by atoms with van der Waals surface area (Å²) in [6.45, 7) is 6.01. The number of carbonyl (C=O) groups is 1. The Kier molecular flexibility index (Phi) is 5.78. The van der Waals surface area contributed by atoms with Crippen LogP contribution < -0.4 is 9.47 Å². The van der Waals surface area contributed by atoms with E-state index >= 15 is 0 Å². The molecule has 0 spiro atoms. The summed E-state index contributed by atoms with van der Waals surface area (Å²) in [4.78, 5) is 17.2. The van der Waals surface area contributed by atoms with Crippen molar-refractivity contribution in [2.24, 2.45) is 0 Å². The van der Waals surface area contributed by atoms with E-state index in [9.17, 15) is 4.79 Å². The van der Waals surface area contributed by atoms with E-state index in [1.54, 1.807) is 14.2 Å². The lowest BCUT2D eigenvalue weighted by molar-refractivity contribution is 0.0627. The Morgan fingerprint density at radius 1 is 1.00 bits per heavy atom. The maximum absolute atomic E-state index is 12.9. The Morgan fingerprint density at radius 3 is 2.42 bits per heavy atom. The number of piperazine rings is 1. The van der Waals surface area contributed by atoms with Crippen molar-refractivity contribution in [3.05, 3.63) is 59.2 Å². The Labute approximate surface area is 155 Å². The molecule has 0 aliphatic carbocycles. The van der Waals surface area contributed by atoms with Gasteiger partial charge in [0.1, 0.15) is 11.5 Å². The Hall–Kier alpha value is -2.53. The van der Waals surface area contributed by atoms with E-state index in [0.29, 0.717) is 0 Å². The van der Waals surface area contributed by atoms with Crippen LogP contribution in [0.4, 0.5) is 0 Å². The maximum atomic E-state index is 12.9. The van der Waals surface area contributed by atoms with Crippen molar-refractivity contribution < 1.29 is 14.3 Å². The van der Waals surface area contributed by atoms with E-state index in [2.05, 4.69) is 17.0 Å². The minimum Gasteiger partial charge on any atom is -0.497 e. The molecule has 0 atom stereocenters. The van der Waals surface area contributed by atoms with Gasteiger partial charge in [0.05, 0.1) is 14.2 Å². The first kappa shape index (κ1) is 18.3. The minimum atomic E-state index is 0.0856. The molecule has 1 amide bonds. The third kappa shape index (κ3) is 3.99. The molecule has 0 radical (unpaired) electrons. The molecule has 1 heterocycles. The number of carbonyl (C=O) groups excluding carboxylic acids is 1. The van der Waals surface area contributed by atoms with Crippen molar-refractivity contribution in [2.75, 3.05) is 40.4 Å². The third-order valence-corrected chi connectivity index (χ3v) is 4.93. The Morgan fingerprint density at radius 2 is 1.73 bits per heavy atom. The van der Waals surface area contributed by atoms with Gasteiger partial charge in [0.2, 0.25) is 0 Å². The maximum Gasteiger partial charge on any atom is 0.254 e. The first-order chi connectivity index (χ1) is 12.6. The number of amides is 1. The molecule has 0 N–H and O–H groups in total. The van der Waals surface area contributed by atoms with E-state index in [1.807, 2.05) is 42.2 Å². The molecule has 5 heteroatoms. The van der Waals surface area contributed by atoms with E-state index < -0.39 is 0 Å². The van der Waals surface area contributed by atoms with Gasteiger partial charge in [-0.2, -0.15) is 0 Å². The zero-order valence-corrected chi connectivity index (χ0v) is 15.7. The molecule has 1 aliphatic rings. The third-order valence-electron chi connectivity index (χ3n) is 4.93. The quantitative estimate of drug-likeness (QED) is 0.828. The van der Waals surface area contributed by atoms with Crippen LogP contribution in [0.25, 0.3) is 0 Å². The number of ether oxygens (including phenoxy) is 2. The summed E-state index contributed by atoms with van der Waals surface area (Å²) in [5.41, 5.74) is 2.86. The Bertz CT molecular complexity index is 768. The highest BCUT2D eigenvalue weighted by Crippen LogP contribution is 2.23. The van der Waals surface area contributed by atoms with Crippen molar-refractivity contribution in [2.45, 2.75) is 13.5 Å². The molecule has 0 unspecified atom stereocenters. The van der Waals surface area contributed by atoms with Gasteiger partial charge in [0, 0.05) is 43.9 Å². The summed E-state index contributed by atoms with van der Waals surface area (Å²) in [5, 5.41) is 0. The number of hydrogen-bond donors (Lipinski definition) is 0. The molecule has 1 saturated heterocycles. The summed E-state index contributed by atoms with van der Waals surface area (Å²) in [6, 6.07) is 13.8. The number of hydrogen-bond acceptors (Lipinski definition) is 4. The SMILES string of the molecule is COc1cccc(CN2CCN(C(=O)c3cccc(OC)c3C)CC2)c1. The predicted octanol–water partition coefficient (Wildman–Crippen LogP) is 2.97. The average Bonchev–Trinajstić information content (AvgIpc) is 2.68. The second-order valence-corrected chi connectivity index (χ2v) is 6.55. The van der Waals surface area contributed by atoms with E-state index in [-0.39, 0.29) is 5.91 Å². The van der Waals surface area contributed by atoms with Gasteiger partial charge in [0.15, 0.2) is 0 Å². The largest absolute Gasteiger partial charge is 0.497 e.